The maximum Gasteiger partial charge on any atom is 0.223 e. The molecule has 0 aliphatic heterocycles. The van der Waals surface area contributed by atoms with Gasteiger partial charge in [0, 0.05) is 17.9 Å². The molecule has 3 aromatic rings. The average molecular weight is 306 g/mol. The molecule has 0 atom stereocenters. The van der Waals surface area contributed by atoms with E-state index in [-0.39, 0.29) is 5.91 Å². The predicted octanol–water partition coefficient (Wildman–Crippen LogP) is 4.34. The Morgan fingerprint density at radius 1 is 1.14 bits per heavy atom. The molecular formula is C18H14N2OS. The minimum Gasteiger partial charge on any atom is -0.302 e. The van der Waals surface area contributed by atoms with Crippen LogP contribution in [0.15, 0.2) is 47.8 Å². The summed E-state index contributed by atoms with van der Waals surface area (Å²) in [7, 11) is 0. The van der Waals surface area contributed by atoms with Crippen molar-refractivity contribution >= 4 is 22.4 Å². The van der Waals surface area contributed by atoms with E-state index in [0.29, 0.717) is 5.13 Å². The molecule has 22 heavy (non-hydrogen) atoms. The molecule has 0 spiro atoms. The Morgan fingerprint density at radius 2 is 1.95 bits per heavy atom. The zero-order valence-electron chi connectivity index (χ0n) is 12.1. The molecule has 1 aliphatic carbocycles. The summed E-state index contributed by atoms with van der Waals surface area (Å²) in [4.78, 5) is 15.6. The number of benzene rings is 2. The fourth-order valence-electron chi connectivity index (χ4n) is 2.92. The van der Waals surface area contributed by atoms with E-state index in [2.05, 4.69) is 52.8 Å². The van der Waals surface area contributed by atoms with Gasteiger partial charge in [-0.1, -0.05) is 36.4 Å². The summed E-state index contributed by atoms with van der Waals surface area (Å²) >= 11 is 1.45. The van der Waals surface area contributed by atoms with Gasteiger partial charge in [-0.25, -0.2) is 4.98 Å². The number of amides is 1. The maximum atomic E-state index is 11.1. The lowest BCUT2D eigenvalue weighted by Gasteiger charge is -2.03. The first-order chi connectivity index (χ1) is 10.7. The molecule has 4 heteroatoms. The fourth-order valence-corrected chi connectivity index (χ4v) is 3.68. The van der Waals surface area contributed by atoms with Crippen molar-refractivity contribution in [1.82, 2.24) is 4.98 Å². The highest BCUT2D eigenvalue weighted by molar-refractivity contribution is 7.14. The van der Waals surface area contributed by atoms with Crippen LogP contribution in [0.4, 0.5) is 5.13 Å². The molecule has 0 unspecified atom stereocenters. The summed E-state index contributed by atoms with van der Waals surface area (Å²) < 4.78 is 0. The summed E-state index contributed by atoms with van der Waals surface area (Å²) in [6.45, 7) is 1.49. The van der Waals surface area contributed by atoms with Gasteiger partial charge in [-0.15, -0.1) is 11.3 Å². The lowest BCUT2D eigenvalue weighted by Crippen LogP contribution is -2.04. The van der Waals surface area contributed by atoms with Crippen molar-refractivity contribution in [2.45, 2.75) is 13.3 Å². The second-order valence-electron chi connectivity index (χ2n) is 5.42. The largest absolute Gasteiger partial charge is 0.302 e. The maximum absolute atomic E-state index is 11.1. The number of carbonyl (C=O) groups excluding carboxylic acids is 1. The monoisotopic (exact) mass is 306 g/mol. The summed E-state index contributed by atoms with van der Waals surface area (Å²) in [5.41, 5.74) is 7.38. The quantitative estimate of drug-likeness (QED) is 0.598. The SMILES string of the molecule is CC(=O)Nc1nc(-c2ccc3c(c2)Cc2ccccc2-3)cs1. The van der Waals surface area contributed by atoms with Crippen molar-refractivity contribution < 1.29 is 4.79 Å². The van der Waals surface area contributed by atoms with E-state index in [1.807, 2.05) is 5.38 Å². The summed E-state index contributed by atoms with van der Waals surface area (Å²) in [5, 5.41) is 5.36. The average Bonchev–Trinajstić information content (AvgIpc) is 3.10. The van der Waals surface area contributed by atoms with E-state index in [0.717, 1.165) is 17.7 Å². The molecule has 0 saturated carbocycles. The number of hydrogen-bond acceptors (Lipinski definition) is 3. The third-order valence-corrected chi connectivity index (χ3v) is 4.63. The Morgan fingerprint density at radius 3 is 2.82 bits per heavy atom. The second-order valence-corrected chi connectivity index (χ2v) is 6.28. The Bertz CT molecular complexity index is 882. The Labute approximate surface area is 132 Å². The van der Waals surface area contributed by atoms with Crippen LogP contribution in [0.2, 0.25) is 0 Å². The van der Waals surface area contributed by atoms with Crippen LogP contribution in [0.1, 0.15) is 18.1 Å². The van der Waals surface area contributed by atoms with Gasteiger partial charge in [0.05, 0.1) is 5.69 Å². The molecule has 1 aliphatic rings. The van der Waals surface area contributed by atoms with Gasteiger partial charge in [0.25, 0.3) is 0 Å². The van der Waals surface area contributed by atoms with Crippen molar-refractivity contribution in [2.75, 3.05) is 5.32 Å². The first-order valence-corrected chi connectivity index (χ1v) is 8.03. The van der Waals surface area contributed by atoms with Crippen LogP contribution < -0.4 is 5.32 Å². The highest BCUT2D eigenvalue weighted by Gasteiger charge is 2.18. The van der Waals surface area contributed by atoms with Crippen LogP contribution in [0.25, 0.3) is 22.4 Å². The summed E-state index contributed by atoms with van der Waals surface area (Å²) in [5.74, 6) is -0.0923. The van der Waals surface area contributed by atoms with Crippen LogP contribution in [0, 0.1) is 0 Å². The Hall–Kier alpha value is -2.46. The zero-order valence-corrected chi connectivity index (χ0v) is 12.9. The van der Waals surface area contributed by atoms with Gasteiger partial charge in [0.1, 0.15) is 0 Å². The number of anilines is 1. The smallest absolute Gasteiger partial charge is 0.223 e. The fraction of sp³-hybridized carbons (Fsp3) is 0.111. The van der Waals surface area contributed by atoms with Gasteiger partial charge in [-0.05, 0) is 34.7 Å². The van der Waals surface area contributed by atoms with E-state index >= 15 is 0 Å². The third-order valence-electron chi connectivity index (χ3n) is 3.88. The number of nitrogens with one attached hydrogen (secondary N) is 1. The third kappa shape index (κ3) is 2.22. The zero-order chi connectivity index (χ0) is 15.1. The molecule has 108 valence electrons. The van der Waals surface area contributed by atoms with Gasteiger partial charge in [-0.3, -0.25) is 4.79 Å². The van der Waals surface area contributed by atoms with Gasteiger partial charge in [-0.2, -0.15) is 0 Å². The van der Waals surface area contributed by atoms with Gasteiger partial charge >= 0.3 is 0 Å². The molecule has 0 fully saturated rings. The molecule has 3 nitrogen and oxygen atoms in total. The van der Waals surface area contributed by atoms with Crippen molar-refractivity contribution in [2.24, 2.45) is 0 Å². The van der Waals surface area contributed by atoms with Crippen molar-refractivity contribution in [3.05, 3.63) is 59.0 Å². The second kappa shape index (κ2) is 5.07. The normalized spacial score (nSPS) is 11.9. The molecule has 0 radical (unpaired) electrons. The van der Waals surface area contributed by atoms with E-state index in [9.17, 15) is 4.79 Å². The molecule has 1 aromatic heterocycles. The molecule has 1 N–H and O–H groups in total. The number of aromatic nitrogens is 1. The van der Waals surface area contributed by atoms with Crippen LogP contribution in [0.3, 0.4) is 0 Å². The number of thiazole rings is 1. The molecular weight excluding hydrogens is 292 g/mol. The minimum absolute atomic E-state index is 0.0923. The lowest BCUT2D eigenvalue weighted by molar-refractivity contribution is -0.114. The van der Waals surface area contributed by atoms with Crippen LogP contribution in [-0.4, -0.2) is 10.9 Å². The van der Waals surface area contributed by atoms with Gasteiger partial charge in [0.15, 0.2) is 5.13 Å². The van der Waals surface area contributed by atoms with Crippen LogP contribution in [-0.2, 0) is 11.2 Å². The highest BCUT2D eigenvalue weighted by atomic mass is 32.1. The predicted molar refractivity (Wildman–Crippen MR) is 90.1 cm³/mol. The van der Waals surface area contributed by atoms with E-state index in [1.165, 1.54) is 40.5 Å². The summed E-state index contributed by atoms with van der Waals surface area (Å²) in [6, 6.07) is 15.0. The molecule has 4 rings (SSSR count). The molecule has 2 aromatic carbocycles. The topological polar surface area (TPSA) is 42.0 Å². The highest BCUT2D eigenvalue weighted by Crippen LogP contribution is 2.38. The minimum atomic E-state index is -0.0923. The number of carbonyl (C=O) groups is 1. The number of rotatable bonds is 2. The number of fused-ring (bicyclic) bond motifs is 3. The number of nitrogens with zero attached hydrogens (tertiary/aromatic N) is 1. The molecule has 1 heterocycles. The first kappa shape index (κ1) is 13.2. The number of hydrogen-bond donors (Lipinski definition) is 1. The Kier molecular flexibility index (Phi) is 3.05. The van der Waals surface area contributed by atoms with Crippen molar-refractivity contribution in [3.8, 4) is 22.4 Å². The lowest BCUT2D eigenvalue weighted by atomic mass is 10.0. The van der Waals surface area contributed by atoms with Crippen molar-refractivity contribution in [3.63, 3.8) is 0 Å². The van der Waals surface area contributed by atoms with Crippen LogP contribution >= 0.6 is 11.3 Å². The van der Waals surface area contributed by atoms with Crippen LogP contribution in [0.5, 0.6) is 0 Å². The van der Waals surface area contributed by atoms with Crippen molar-refractivity contribution in [1.29, 1.82) is 0 Å². The first-order valence-electron chi connectivity index (χ1n) is 7.15. The molecule has 0 bridgehead atoms. The summed E-state index contributed by atoms with van der Waals surface area (Å²) in [6.07, 6.45) is 0.974. The Balaban J connectivity index is 1.70. The van der Waals surface area contributed by atoms with E-state index < -0.39 is 0 Å². The van der Waals surface area contributed by atoms with E-state index in [4.69, 9.17) is 0 Å². The standard InChI is InChI=1S/C18H14N2OS/c1-11(21)19-18-20-17(10-22-18)13-6-7-16-14(9-13)8-12-4-2-3-5-15(12)16/h2-7,9-10H,8H2,1H3,(H,19,20,21). The van der Waals surface area contributed by atoms with Gasteiger partial charge in [0.2, 0.25) is 5.91 Å². The van der Waals surface area contributed by atoms with Gasteiger partial charge < -0.3 is 5.32 Å². The molecule has 0 saturated heterocycles. The molecule has 1 amide bonds. The van der Waals surface area contributed by atoms with E-state index in [1.54, 1.807) is 0 Å².